The fourth-order valence-corrected chi connectivity index (χ4v) is 4.12. The van der Waals surface area contributed by atoms with E-state index in [9.17, 15) is 0 Å². The van der Waals surface area contributed by atoms with E-state index in [0.29, 0.717) is 6.54 Å². The van der Waals surface area contributed by atoms with Crippen LogP contribution in [0, 0.1) is 13.8 Å². The van der Waals surface area contributed by atoms with Crippen LogP contribution in [-0.4, -0.2) is 42.5 Å². The van der Waals surface area contributed by atoms with Crippen molar-refractivity contribution in [1.82, 2.24) is 20.4 Å². The van der Waals surface area contributed by atoms with Gasteiger partial charge in [-0.2, -0.15) is 5.10 Å². The van der Waals surface area contributed by atoms with Crippen molar-refractivity contribution in [1.29, 1.82) is 0 Å². The Bertz CT molecular complexity index is 822. The minimum atomic E-state index is 0.0523. The molecule has 2 aromatic rings. The second kappa shape index (κ2) is 9.09. The summed E-state index contributed by atoms with van der Waals surface area (Å²) in [4.78, 5) is 4.42. The first-order valence-electron chi connectivity index (χ1n) is 9.72. The second-order valence-electron chi connectivity index (χ2n) is 7.45. The number of rotatable bonds is 5. The van der Waals surface area contributed by atoms with E-state index < -0.39 is 0 Å². The molecule has 2 heterocycles. The number of nitrogens with zero attached hydrogens (tertiary/aromatic N) is 3. The van der Waals surface area contributed by atoms with E-state index in [1.54, 1.807) is 0 Å². The maximum Gasteiger partial charge on any atom is 0.191 e. The number of halogens is 1. The third-order valence-electron chi connectivity index (χ3n) is 5.82. The molecule has 3 rings (SSSR count). The molecule has 0 bridgehead atoms. The smallest absolute Gasteiger partial charge is 0.191 e. The zero-order valence-electron chi connectivity index (χ0n) is 17.2. The van der Waals surface area contributed by atoms with Gasteiger partial charge in [-0.3, -0.25) is 9.67 Å². The van der Waals surface area contributed by atoms with Crippen LogP contribution in [0.3, 0.4) is 0 Å². The number of nitrogens with one attached hydrogen (secondary N) is 2. The van der Waals surface area contributed by atoms with Crippen LogP contribution in [-0.2, 0) is 23.7 Å². The number of hydrogen-bond donors (Lipinski definition) is 2. The average molecular weight is 448 g/mol. The van der Waals surface area contributed by atoms with Crippen molar-refractivity contribution in [3.8, 4) is 0 Å². The maximum absolute atomic E-state index is 5.64. The normalized spacial score (nSPS) is 16.8. The molecule has 1 fully saturated rings. The number of hydrogen-bond acceptors (Lipinski definition) is 3. The van der Waals surface area contributed by atoms with Gasteiger partial charge in [-0.15, -0.1) is 0 Å². The largest absolute Gasteiger partial charge is 0.381 e. The molecule has 0 saturated carbocycles. The molecule has 0 unspecified atom stereocenters. The van der Waals surface area contributed by atoms with Crippen LogP contribution in [0.5, 0.6) is 0 Å². The monoisotopic (exact) mass is 447 g/mol. The van der Waals surface area contributed by atoms with Gasteiger partial charge in [0, 0.05) is 61.5 Å². The summed E-state index contributed by atoms with van der Waals surface area (Å²) in [5, 5.41) is 11.5. The lowest BCUT2D eigenvalue weighted by Crippen LogP contribution is -2.48. The summed E-state index contributed by atoms with van der Waals surface area (Å²) >= 11 is 3.54. The topological polar surface area (TPSA) is 63.5 Å². The van der Waals surface area contributed by atoms with E-state index in [1.165, 1.54) is 16.8 Å². The van der Waals surface area contributed by atoms with Crippen LogP contribution in [0.25, 0.3) is 0 Å². The molecule has 6 nitrogen and oxygen atoms in total. The first-order valence-corrected chi connectivity index (χ1v) is 10.5. The van der Waals surface area contributed by atoms with Gasteiger partial charge in [0.05, 0.1) is 5.69 Å². The molecule has 1 aliphatic rings. The number of aryl methyl sites for hydroxylation is 2. The van der Waals surface area contributed by atoms with Gasteiger partial charge < -0.3 is 15.4 Å². The van der Waals surface area contributed by atoms with Gasteiger partial charge in [-0.25, -0.2) is 0 Å². The highest BCUT2D eigenvalue weighted by atomic mass is 79.9. The van der Waals surface area contributed by atoms with E-state index in [0.717, 1.165) is 48.7 Å². The predicted octanol–water partition coefficient (Wildman–Crippen LogP) is 3.21. The van der Waals surface area contributed by atoms with Crippen LogP contribution in [0.15, 0.2) is 33.7 Å². The Morgan fingerprint density at radius 2 is 1.89 bits per heavy atom. The van der Waals surface area contributed by atoms with Gasteiger partial charge in [-0.05, 0) is 44.4 Å². The summed E-state index contributed by atoms with van der Waals surface area (Å²) in [7, 11) is 3.79. The highest BCUT2D eigenvalue weighted by Crippen LogP contribution is 2.34. The molecule has 0 aliphatic carbocycles. The Morgan fingerprint density at radius 3 is 2.46 bits per heavy atom. The standard InChI is InChI=1S/C21H30BrN5O/c1-15-19(16(2)27(4)26-15)13-24-20(23-3)25-14-21(9-11-28-12-10-21)17-5-7-18(22)8-6-17/h5-8H,9-14H2,1-4H3,(H2,23,24,25). The predicted molar refractivity (Wildman–Crippen MR) is 117 cm³/mol. The van der Waals surface area contributed by atoms with Crippen LogP contribution < -0.4 is 10.6 Å². The molecule has 0 amide bonds. The van der Waals surface area contributed by atoms with Gasteiger partial charge in [0.1, 0.15) is 0 Å². The average Bonchev–Trinajstić information content (AvgIpc) is 2.95. The SMILES string of the molecule is CN=C(NCc1c(C)nn(C)c1C)NCC1(c2ccc(Br)cc2)CCOCC1. The van der Waals surface area contributed by atoms with Crippen LogP contribution >= 0.6 is 15.9 Å². The molecule has 0 radical (unpaired) electrons. The minimum absolute atomic E-state index is 0.0523. The molecule has 152 valence electrons. The first-order chi connectivity index (χ1) is 13.4. The quantitative estimate of drug-likeness (QED) is 0.545. The van der Waals surface area contributed by atoms with Crippen molar-refractivity contribution < 1.29 is 4.74 Å². The number of ether oxygens (including phenoxy) is 1. The highest BCUT2D eigenvalue weighted by molar-refractivity contribution is 9.10. The van der Waals surface area contributed by atoms with Crippen LogP contribution in [0.2, 0.25) is 0 Å². The zero-order chi connectivity index (χ0) is 20.1. The highest BCUT2D eigenvalue weighted by Gasteiger charge is 2.34. The summed E-state index contributed by atoms with van der Waals surface area (Å²) in [6.07, 6.45) is 2.00. The van der Waals surface area contributed by atoms with Crippen molar-refractivity contribution in [2.24, 2.45) is 12.0 Å². The molecule has 2 N–H and O–H groups in total. The molecule has 1 aliphatic heterocycles. The van der Waals surface area contributed by atoms with Gasteiger partial charge in [0.25, 0.3) is 0 Å². The Kier molecular flexibility index (Phi) is 6.78. The number of aromatic nitrogens is 2. The van der Waals surface area contributed by atoms with Gasteiger partial charge in [-0.1, -0.05) is 28.1 Å². The Hall–Kier alpha value is -1.86. The number of aliphatic imine (C=N–C) groups is 1. The lowest BCUT2D eigenvalue weighted by Gasteiger charge is -2.38. The van der Waals surface area contributed by atoms with Crippen molar-refractivity contribution >= 4 is 21.9 Å². The minimum Gasteiger partial charge on any atom is -0.381 e. The maximum atomic E-state index is 5.64. The van der Waals surface area contributed by atoms with E-state index in [1.807, 2.05) is 25.7 Å². The summed E-state index contributed by atoms with van der Waals surface area (Å²) in [6.45, 7) is 7.25. The van der Waals surface area contributed by atoms with Crippen molar-refractivity contribution in [2.45, 2.75) is 38.6 Å². The molecule has 1 aromatic carbocycles. The lowest BCUT2D eigenvalue weighted by molar-refractivity contribution is 0.0514. The second-order valence-corrected chi connectivity index (χ2v) is 8.37. The zero-order valence-corrected chi connectivity index (χ0v) is 18.8. The number of benzene rings is 1. The Labute approximate surface area is 175 Å². The molecule has 1 saturated heterocycles. The lowest BCUT2D eigenvalue weighted by atomic mass is 9.74. The molecule has 1 aromatic heterocycles. The molecule has 7 heteroatoms. The van der Waals surface area contributed by atoms with Crippen LogP contribution in [0.4, 0.5) is 0 Å². The van der Waals surface area contributed by atoms with E-state index >= 15 is 0 Å². The fraction of sp³-hybridized carbons (Fsp3) is 0.524. The molecular weight excluding hydrogens is 418 g/mol. The third kappa shape index (κ3) is 4.58. The van der Waals surface area contributed by atoms with Gasteiger partial charge in [0.2, 0.25) is 0 Å². The fourth-order valence-electron chi connectivity index (χ4n) is 3.85. The van der Waals surface area contributed by atoms with Crippen molar-refractivity contribution in [2.75, 3.05) is 26.8 Å². The van der Waals surface area contributed by atoms with Gasteiger partial charge in [0.15, 0.2) is 5.96 Å². The number of guanidine groups is 1. The van der Waals surface area contributed by atoms with Gasteiger partial charge >= 0.3 is 0 Å². The molecule has 0 spiro atoms. The van der Waals surface area contributed by atoms with E-state index in [2.05, 4.69) is 67.8 Å². The van der Waals surface area contributed by atoms with Crippen LogP contribution in [0.1, 0.15) is 35.4 Å². The molecule has 28 heavy (non-hydrogen) atoms. The molecule has 0 atom stereocenters. The summed E-state index contributed by atoms with van der Waals surface area (Å²) in [5.41, 5.74) is 4.85. The first kappa shape index (κ1) is 20.9. The molecular formula is C21H30BrN5O. The van der Waals surface area contributed by atoms with E-state index in [-0.39, 0.29) is 5.41 Å². The summed E-state index contributed by atoms with van der Waals surface area (Å²) in [6, 6.07) is 8.67. The Morgan fingerprint density at radius 1 is 1.21 bits per heavy atom. The Balaban J connectivity index is 1.68. The summed E-state index contributed by atoms with van der Waals surface area (Å²) in [5.74, 6) is 0.811. The van der Waals surface area contributed by atoms with Crippen molar-refractivity contribution in [3.63, 3.8) is 0 Å². The van der Waals surface area contributed by atoms with Crippen molar-refractivity contribution in [3.05, 3.63) is 51.3 Å². The van der Waals surface area contributed by atoms with E-state index in [4.69, 9.17) is 4.74 Å². The summed E-state index contributed by atoms with van der Waals surface area (Å²) < 4.78 is 8.67. The third-order valence-corrected chi connectivity index (χ3v) is 6.34.